The van der Waals surface area contributed by atoms with Crippen LogP contribution >= 0.6 is 0 Å². The Morgan fingerprint density at radius 1 is 1.23 bits per heavy atom. The fourth-order valence-electron chi connectivity index (χ4n) is 3.35. The molecule has 1 fully saturated rings. The number of hydrogen-bond acceptors (Lipinski definition) is 5. The normalized spacial score (nSPS) is 17.4. The summed E-state index contributed by atoms with van der Waals surface area (Å²) >= 11 is 0. The maximum atomic E-state index is 12.4. The highest BCUT2D eigenvalue weighted by atomic mass is 16.5. The highest BCUT2D eigenvalue weighted by molar-refractivity contribution is 5.92. The zero-order chi connectivity index (χ0) is 17.9. The van der Waals surface area contributed by atoms with Gasteiger partial charge in [0, 0.05) is 51.4 Å². The van der Waals surface area contributed by atoms with Crippen molar-refractivity contribution in [1.29, 1.82) is 0 Å². The first-order chi connectivity index (χ1) is 12.7. The first kappa shape index (κ1) is 17.0. The minimum Gasteiger partial charge on any atom is -0.481 e. The van der Waals surface area contributed by atoms with Crippen LogP contribution < -0.4 is 10.1 Å². The quantitative estimate of drug-likeness (QED) is 0.850. The molecular formula is C19H25N5O2. The molecule has 2 aromatic heterocycles. The molecule has 0 aromatic carbocycles. The van der Waals surface area contributed by atoms with Crippen molar-refractivity contribution in [1.82, 2.24) is 24.8 Å². The van der Waals surface area contributed by atoms with Crippen LogP contribution in [0, 0.1) is 5.92 Å². The number of carbonyl (C=O) groups is 1. The van der Waals surface area contributed by atoms with Crippen LogP contribution in [0.4, 0.5) is 0 Å². The van der Waals surface area contributed by atoms with Gasteiger partial charge in [-0.1, -0.05) is 6.07 Å². The molecule has 0 unspecified atom stereocenters. The van der Waals surface area contributed by atoms with E-state index in [1.165, 1.54) is 12.8 Å². The Kier molecular flexibility index (Phi) is 4.88. The second kappa shape index (κ2) is 7.45. The van der Waals surface area contributed by atoms with Gasteiger partial charge in [-0.05, 0) is 24.3 Å². The van der Waals surface area contributed by atoms with Crippen molar-refractivity contribution in [2.45, 2.75) is 32.4 Å². The Balaban J connectivity index is 1.38. The van der Waals surface area contributed by atoms with Crippen molar-refractivity contribution in [3.05, 3.63) is 41.6 Å². The van der Waals surface area contributed by atoms with Gasteiger partial charge >= 0.3 is 0 Å². The summed E-state index contributed by atoms with van der Waals surface area (Å²) in [5.74, 6) is 2.31. The molecule has 1 aliphatic carbocycles. The van der Waals surface area contributed by atoms with E-state index < -0.39 is 0 Å². The zero-order valence-corrected chi connectivity index (χ0v) is 15.1. The number of imidazole rings is 1. The van der Waals surface area contributed by atoms with E-state index >= 15 is 0 Å². The molecule has 4 rings (SSSR count). The van der Waals surface area contributed by atoms with Gasteiger partial charge in [-0.3, -0.25) is 9.69 Å². The van der Waals surface area contributed by atoms with Crippen LogP contribution in [0.15, 0.2) is 24.5 Å². The van der Waals surface area contributed by atoms with Gasteiger partial charge < -0.3 is 14.6 Å². The van der Waals surface area contributed by atoms with Crippen molar-refractivity contribution in [3.8, 4) is 5.88 Å². The Morgan fingerprint density at radius 2 is 2.12 bits per heavy atom. The van der Waals surface area contributed by atoms with Crippen LogP contribution in [-0.2, 0) is 19.5 Å². The number of pyridine rings is 1. The number of rotatable bonds is 6. The number of aromatic nitrogens is 3. The van der Waals surface area contributed by atoms with E-state index in [9.17, 15) is 4.79 Å². The monoisotopic (exact) mass is 355 g/mol. The summed E-state index contributed by atoms with van der Waals surface area (Å²) in [5.41, 5.74) is 1.85. The topological polar surface area (TPSA) is 72.3 Å². The van der Waals surface area contributed by atoms with Gasteiger partial charge in [0.25, 0.3) is 5.91 Å². The number of ether oxygens (including phenoxy) is 1. The molecule has 1 aliphatic heterocycles. The van der Waals surface area contributed by atoms with Crippen LogP contribution in [0.2, 0.25) is 0 Å². The number of hydrogen-bond donors (Lipinski definition) is 1. The zero-order valence-electron chi connectivity index (χ0n) is 15.1. The van der Waals surface area contributed by atoms with E-state index in [2.05, 4.69) is 24.8 Å². The molecule has 7 heteroatoms. The fraction of sp³-hybridized carbons (Fsp3) is 0.526. The third-order valence-corrected chi connectivity index (χ3v) is 5.12. The van der Waals surface area contributed by atoms with E-state index in [0.29, 0.717) is 17.5 Å². The van der Waals surface area contributed by atoms with Crippen LogP contribution in [0.1, 0.15) is 34.7 Å². The van der Waals surface area contributed by atoms with Crippen molar-refractivity contribution in [2.75, 3.05) is 26.7 Å². The van der Waals surface area contributed by atoms with Gasteiger partial charge in [-0.25, -0.2) is 9.97 Å². The van der Waals surface area contributed by atoms with Crippen LogP contribution in [0.5, 0.6) is 5.88 Å². The molecule has 0 bridgehead atoms. The molecule has 0 spiro atoms. The minimum absolute atomic E-state index is 0.00320. The van der Waals surface area contributed by atoms with E-state index in [4.69, 9.17) is 4.74 Å². The van der Waals surface area contributed by atoms with Crippen molar-refractivity contribution >= 4 is 5.91 Å². The largest absolute Gasteiger partial charge is 0.481 e. The second-order valence-corrected chi connectivity index (χ2v) is 7.10. The molecule has 0 saturated heterocycles. The smallest absolute Gasteiger partial charge is 0.269 e. The highest BCUT2D eigenvalue weighted by Gasteiger charge is 2.24. The van der Waals surface area contributed by atoms with Crippen molar-refractivity contribution in [2.24, 2.45) is 5.92 Å². The summed E-state index contributed by atoms with van der Waals surface area (Å²) in [5, 5.41) is 3.05. The molecule has 3 heterocycles. The molecule has 0 atom stereocenters. The molecule has 2 aromatic rings. The van der Waals surface area contributed by atoms with Gasteiger partial charge in [0.1, 0.15) is 11.5 Å². The average molecular weight is 355 g/mol. The molecule has 7 nitrogen and oxygen atoms in total. The number of amides is 1. The Bertz CT molecular complexity index is 767. The summed E-state index contributed by atoms with van der Waals surface area (Å²) in [6, 6.07) is 3.94. The van der Waals surface area contributed by atoms with Crippen LogP contribution in [0.3, 0.4) is 0 Å². The summed E-state index contributed by atoms with van der Waals surface area (Å²) in [7, 11) is 1.62. The lowest BCUT2D eigenvalue weighted by atomic mass is 10.2. The lowest BCUT2D eigenvalue weighted by Crippen LogP contribution is -2.29. The summed E-state index contributed by atoms with van der Waals surface area (Å²) in [4.78, 5) is 23.6. The maximum Gasteiger partial charge on any atom is 0.269 e. The number of nitrogens with one attached hydrogen (secondary N) is 1. The molecule has 1 saturated carbocycles. The third-order valence-electron chi connectivity index (χ3n) is 5.12. The predicted molar refractivity (Wildman–Crippen MR) is 97.1 cm³/mol. The van der Waals surface area contributed by atoms with Crippen molar-refractivity contribution < 1.29 is 9.53 Å². The molecule has 1 N–H and O–H groups in total. The van der Waals surface area contributed by atoms with E-state index in [-0.39, 0.29) is 5.91 Å². The molecule has 138 valence electrons. The summed E-state index contributed by atoms with van der Waals surface area (Å²) < 4.78 is 7.19. The Hall–Kier alpha value is -2.41. The Labute approximate surface area is 153 Å². The summed E-state index contributed by atoms with van der Waals surface area (Å²) in [6.45, 7) is 4.22. The van der Waals surface area contributed by atoms with Gasteiger partial charge in [0.15, 0.2) is 0 Å². The molecule has 1 amide bonds. The maximum absolute atomic E-state index is 12.4. The number of fused-ring (bicyclic) bond motifs is 1. The third kappa shape index (κ3) is 3.88. The van der Waals surface area contributed by atoms with Gasteiger partial charge in [-0.2, -0.15) is 0 Å². The summed E-state index contributed by atoms with van der Waals surface area (Å²) in [6.07, 6.45) is 6.90. The predicted octanol–water partition coefficient (Wildman–Crippen LogP) is 1.48. The SMILES string of the molecule is COc1ccc(CN2CCc3ncc(C(=O)NCC4CC4)n3CC2)cn1. The number of carbonyl (C=O) groups excluding carboxylic acids is 1. The highest BCUT2D eigenvalue weighted by Crippen LogP contribution is 2.27. The van der Waals surface area contributed by atoms with E-state index in [1.807, 2.05) is 18.3 Å². The number of nitrogens with zero attached hydrogens (tertiary/aromatic N) is 4. The lowest BCUT2D eigenvalue weighted by Gasteiger charge is -2.19. The van der Waals surface area contributed by atoms with E-state index in [1.54, 1.807) is 13.3 Å². The van der Waals surface area contributed by atoms with E-state index in [0.717, 1.165) is 50.5 Å². The standard InChI is InChI=1S/C19H25N5O2/c1-26-18-5-4-15(11-21-18)13-23-7-6-17-20-12-16(24(17)9-8-23)19(25)22-10-14-2-3-14/h4-5,11-12,14H,2-3,6-10,13H2,1H3,(H,22,25). The first-order valence-corrected chi connectivity index (χ1v) is 9.27. The molecule has 26 heavy (non-hydrogen) atoms. The lowest BCUT2D eigenvalue weighted by molar-refractivity contribution is 0.0941. The molecular weight excluding hydrogens is 330 g/mol. The molecule has 0 radical (unpaired) electrons. The van der Waals surface area contributed by atoms with Gasteiger partial charge in [-0.15, -0.1) is 0 Å². The van der Waals surface area contributed by atoms with Gasteiger partial charge in [0.2, 0.25) is 5.88 Å². The van der Waals surface area contributed by atoms with Crippen molar-refractivity contribution in [3.63, 3.8) is 0 Å². The average Bonchev–Trinajstić information content (AvgIpc) is 3.44. The molecule has 2 aliphatic rings. The minimum atomic E-state index is 0.00320. The fourth-order valence-corrected chi connectivity index (χ4v) is 3.35. The van der Waals surface area contributed by atoms with Crippen LogP contribution in [-0.4, -0.2) is 52.1 Å². The number of methoxy groups -OCH3 is 1. The second-order valence-electron chi connectivity index (χ2n) is 7.10. The first-order valence-electron chi connectivity index (χ1n) is 9.27. The van der Waals surface area contributed by atoms with Crippen LogP contribution in [0.25, 0.3) is 0 Å². The Morgan fingerprint density at radius 3 is 2.85 bits per heavy atom. The van der Waals surface area contributed by atoms with Gasteiger partial charge in [0.05, 0.1) is 13.3 Å².